The van der Waals surface area contributed by atoms with Gasteiger partial charge in [0, 0.05) is 15.6 Å². The Kier molecular flexibility index (Phi) is 5.84. The second-order valence-corrected chi connectivity index (χ2v) is 7.72. The Hall–Kier alpha value is -3.21. The number of fused-ring (bicyclic) bond motifs is 1. The maximum atomic E-state index is 12.7. The molecule has 0 aliphatic carbocycles. The van der Waals surface area contributed by atoms with Gasteiger partial charge in [-0.05, 0) is 17.7 Å². The van der Waals surface area contributed by atoms with Gasteiger partial charge in [0.25, 0.3) is 5.91 Å². The van der Waals surface area contributed by atoms with Crippen LogP contribution in [-0.2, 0) is 0 Å². The number of thiophene rings is 1. The van der Waals surface area contributed by atoms with Crippen molar-refractivity contribution in [3.63, 3.8) is 0 Å². The van der Waals surface area contributed by atoms with Crippen molar-refractivity contribution in [2.24, 2.45) is 5.10 Å². The number of hydrogen-bond acceptors (Lipinski definition) is 3. The third-order valence-electron chi connectivity index (χ3n) is 4.32. The fourth-order valence-corrected chi connectivity index (χ4v) is 4.27. The number of benzene rings is 3. The summed E-state index contributed by atoms with van der Waals surface area (Å²) in [4.78, 5) is 13.2. The first-order chi connectivity index (χ1) is 14.2. The van der Waals surface area contributed by atoms with E-state index in [4.69, 9.17) is 11.6 Å². The lowest BCUT2D eigenvalue weighted by molar-refractivity contribution is 0.0959. The summed E-state index contributed by atoms with van der Waals surface area (Å²) < 4.78 is 0.971. The van der Waals surface area contributed by atoms with Gasteiger partial charge in [-0.2, -0.15) is 5.10 Å². The maximum Gasteiger partial charge on any atom is 0.283 e. The van der Waals surface area contributed by atoms with Crippen molar-refractivity contribution in [2.45, 2.75) is 0 Å². The predicted octanol–water partition coefficient (Wildman–Crippen LogP) is 6.40. The molecule has 0 unspecified atom stereocenters. The molecule has 0 saturated heterocycles. The monoisotopic (exact) mass is 416 g/mol. The first-order valence-electron chi connectivity index (χ1n) is 9.06. The number of hydrazone groups is 1. The van der Waals surface area contributed by atoms with Gasteiger partial charge in [0.05, 0.1) is 10.7 Å². The van der Waals surface area contributed by atoms with Crippen molar-refractivity contribution < 1.29 is 4.79 Å². The van der Waals surface area contributed by atoms with E-state index in [1.165, 1.54) is 11.3 Å². The van der Waals surface area contributed by atoms with Gasteiger partial charge in [-0.15, -0.1) is 11.3 Å². The molecule has 0 spiro atoms. The van der Waals surface area contributed by atoms with Gasteiger partial charge in [0.1, 0.15) is 4.88 Å². The van der Waals surface area contributed by atoms with Crippen LogP contribution >= 0.6 is 22.9 Å². The minimum absolute atomic E-state index is 0.322. The molecule has 0 bridgehead atoms. The molecule has 4 rings (SSSR count). The molecule has 29 heavy (non-hydrogen) atoms. The SMILES string of the molecule is O=C(N/N=C(/C=C/c1ccccc1)c1ccccc1)c1sc2ccccc2c1Cl. The van der Waals surface area contributed by atoms with Gasteiger partial charge < -0.3 is 0 Å². The standard InChI is InChI=1S/C24H17ClN2OS/c25-22-19-13-7-8-14-21(19)29-23(22)24(28)27-26-20(18-11-5-2-6-12-18)16-15-17-9-3-1-4-10-17/h1-16H,(H,27,28)/b16-15+,26-20-. The number of nitrogens with one attached hydrogen (secondary N) is 1. The van der Waals surface area contributed by atoms with Crippen LogP contribution in [0.25, 0.3) is 16.2 Å². The second kappa shape index (κ2) is 8.86. The molecule has 3 nitrogen and oxygen atoms in total. The third-order valence-corrected chi connectivity index (χ3v) is 6.00. The van der Waals surface area contributed by atoms with Crippen LogP contribution in [0.5, 0.6) is 0 Å². The number of rotatable bonds is 5. The molecule has 0 aliphatic heterocycles. The van der Waals surface area contributed by atoms with E-state index in [0.29, 0.717) is 15.6 Å². The van der Waals surface area contributed by atoms with Crippen molar-refractivity contribution >= 4 is 50.7 Å². The third kappa shape index (κ3) is 4.45. The van der Waals surface area contributed by atoms with Crippen LogP contribution in [0.15, 0.2) is 96.1 Å². The van der Waals surface area contributed by atoms with Crippen molar-refractivity contribution in [3.05, 3.63) is 112 Å². The molecule has 142 valence electrons. The minimum atomic E-state index is -0.322. The largest absolute Gasteiger partial charge is 0.283 e. The predicted molar refractivity (Wildman–Crippen MR) is 123 cm³/mol. The average molecular weight is 417 g/mol. The molecular formula is C24H17ClN2OS. The Morgan fingerprint density at radius 2 is 1.55 bits per heavy atom. The smallest absolute Gasteiger partial charge is 0.266 e. The summed E-state index contributed by atoms with van der Waals surface area (Å²) >= 11 is 7.77. The lowest BCUT2D eigenvalue weighted by Crippen LogP contribution is -2.18. The van der Waals surface area contributed by atoms with Crippen molar-refractivity contribution in [1.82, 2.24) is 5.43 Å². The van der Waals surface area contributed by atoms with Gasteiger partial charge >= 0.3 is 0 Å². The molecule has 1 N–H and O–H groups in total. The fourth-order valence-electron chi connectivity index (χ4n) is 2.87. The van der Waals surface area contributed by atoms with E-state index in [1.807, 2.05) is 97.1 Å². The second-order valence-electron chi connectivity index (χ2n) is 6.29. The van der Waals surface area contributed by atoms with Crippen LogP contribution in [0.4, 0.5) is 0 Å². The first-order valence-corrected chi connectivity index (χ1v) is 10.3. The summed E-state index contributed by atoms with van der Waals surface area (Å²) in [7, 11) is 0. The highest BCUT2D eigenvalue weighted by Gasteiger charge is 2.16. The molecule has 0 aliphatic rings. The number of nitrogens with zero attached hydrogens (tertiary/aromatic N) is 1. The number of carbonyl (C=O) groups excluding carboxylic acids is 1. The van der Waals surface area contributed by atoms with Gasteiger partial charge in [0.2, 0.25) is 0 Å². The molecule has 1 aromatic heterocycles. The van der Waals surface area contributed by atoms with Gasteiger partial charge in [-0.3, -0.25) is 4.79 Å². The zero-order valence-electron chi connectivity index (χ0n) is 15.4. The molecule has 0 fully saturated rings. The summed E-state index contributed by atoms with van der Waals surface area (Å²) in [5.74, 6) is -0.322. The summed E-state index contributed by atoms with van der Waals surface area (Å²) in [6, 6.07) is 27.3. The van der Waals surface area contributed by atoms with Crippen LogP contribution in [0, 0.1) is 0 Å². The Bertz CT molecular complexity index is 1200. The topological polar surface area (TPSA) is 41.5 Å². The van der Waals surface area contributed by atoms with Crippen molar-refractivity contribution in [1.29, 1.82) is 0 Å². The Balaban J connectivity index is 1.62. The zero-order chi connectivity index (χ0) is 20.1. The van der Waals surface area contributed by atoms with E-state index in [9.17, 15) is 4.79 Å². The molecule has 5 heteroatoms. The van der Waals surface area contributed by atoms with Gasteiger partial charge in [0.15, 0.2) is 0 Å². The summed E-state index contributed by atoms with van der Waals surface area (Å²) in [5.41, 5.74) is 5.27. The molecular weight excluding hydrogens is 400 g/mol. The van der Waals surface area contributed by atoms with E-state index in [2.05, 4.69) is 10.5 Å². The molecule has 3 aromatic carbocycles. The number of halogens is 1. The quantitative estimate of drug-likeness (QED) is 0.296. The average Bonchev–Trinajstić information content (AvgIpc) is 3.12. The van der Waals surface area contributed by atoms with Crippen LogP contribution in [0.3, 0.4) is 0 Å². The molecule has 0 radical (unpaired) electrons. The molecule has 1 heterocycles. The summed E-state index contributed by atoms with van der Waals surface area (Å²) in [6.07, 6.45) is 3.85. The summed E-state index contributed by atoms with van der Waals surface area (Å²) in [5, 5.41) is 5.71. The minimum Gasteiger partial charge on any atom is -0.266 e. The first kappa shape index (κ1) is 19.1. The van der Waals surface area contributed by atoms with E-state index < -0.39 is 0 Å². The number of hydrogen-bond donors (Lipinski definition) is 1. The van der Waals surface area contributed by atoms with E-state index in [-0.39, 0.29) is 5.91 Å². The van der Waals surface area contributed by atoms with E-state index in [1.54, 1.807) is 0 Å². The molecule has 0 saturated carbocycles. The maximum absolute atomic E-state index is 12.7. The lowest BCUT2D eigenvalue weighted by atomic mass is 10.1. The fraction of sp³-hybridized carbons (Fsp3) is 0. The van der Waals surface area contributed by atoms with Crippen LogP contribution in [0.2, 0.25) is 5.02 Å². The van der Waals surface area contributed by atoms with Crippen molar-refractivity contribution in [3.8, 4) is 0 Å². The Labute approximate surface area is 178 Å². The van der Waals surface area contributed by atoms with Crippen LogP contribution < -0.4 is 5.43 Å². The van der Waals surface area contributed by atoms with Crippen LogP contribution in [0.1, 0.15) is 20.8 Å². The normalized spacial score (nSPS) is 11.8. The molecule has 1 amide bonds. The van der Waals surface area contributed by atoms with Crippen molar-refractivity contribution in [2.75, 3.05) is 0 Å². The highest BCUT2D eigenvalue weighted by Crippen LogP contribution is 2.34. The number of carbonyl (C=O) groups is 1. The number of amides is 1. The van der Waals surface area contributed by atoms with E-state index >= 15 is 0 Å². The number of allylic oxidation sites excluding steroid dienone is 1. The van der Waals surface area contributed by atoms with E-state index in [0.717, 1.165) is 21.2 Å². The highest BCUT2D eigenvalue weighted by atomic mass is 35.5. The molecule has 0 atom stereocenters. The Morgan fingerprint density at radius 1 is 0.897 bits per heavy atom. The Morgan fingerprint density at radius 3 is 2.28 bits per heavy atom. The molecule has 4 aromatic rings. The summed E-state index contributed by atoms with van der Waals surface area (Å²) in [6.45, 7) is 0. The zero-order valence-corrected chi connectivity index (χ0v) is 17.0. The van der Waals surface area contributed by atoms with Gasteiger partial charge in [-0.1, -0.05) is 96.5 Å². The van der Waals surface area contributed by atoms with Gasteiger partial charge in [-0.25, -0.2) is 5.43 Å². The highest BCUT2D eigenvalue weighted by molar-refractivity contribution is 7.21. The van der Waals surface area contributed by atoms with Crippen LogP contribution in [-0.4, -0.2) is 11.6 Å². The lowest BCUT2D eigenvalue weighted by Gasteiger charge is -2.04.